The summed E-state index contributed by atoms with van der Waals surface area (Å²) in [7, 11) is 1.89. The quantitative estimate of drug-likeness (QED) is 0.323. The van der Waals surface area contributed by atoms with Gasteiger partial charge in [-0.25, -0.2) is 8.78 Å². The Labute approximate surface area is 232 Å². The van der Waals surface area contributed by atoms with Gasteiger partial charge in [0.25, 0.3) is 5.78 Å². The molecule has 3 aromatic heterocycles. The maximum Gasteiger partial charge on any atom is 0.259 e. The fraction of sp³-hybridized carbons (Fsp3) is 0.440. The van der Waals surface area contributed by atoms with E-state index in [1.807, 2.05) is 21.7 Å². The van der Waals surface area contributed by atoms with Crippen molar-refractivity contribution in [3.8, 4) is 11.6 Å². The number of nitrogens with zero attached hydrogens (tertiary/aromatic N) is 9. The molecule has 2 saturated heterocycles. The number of hydrogen-bond donors (Lipinski definition) is 1. The van der Waals surface area contributed by atoms with Gasteiger partial charge >= 0.3 is 0 Å². The highest BCUT2D eigenvalue weighted by atomic mass is 32.2. The molecule has 15 heteroatoms. The smallest absolute Gasteiger partial charge is 0.259 e. The molecule has 0 radical (unpaired) electrons. The van der Waals surface area contributed by atoms with Gasteiger partial charge < -0.3 is 29.4 Å². The van der Waals surface area contributed by atoms with Crippen molar-refractivity contribution in [3.63, 3.8) is 0 Å². The van der Waals surface area contributed by atoms with Crippen molar-refractivity contribution in [2.45, 2.75) is 0 Å². The van der Waals surface area contributed by atoms with Crippen molar-refractivity contribution in [1.29, 1.82) is 0 Å². The highest BCUT2D eigenvalue weighted by molar-refractivity contribution is 7.91. The summed E-state index contributed by atoms with van der Waals surface area (Å²) in [5, 5.41) is 4.32. The van der Waals surface area contributed by atoms with Crippen LogP contribution in [0.3, 0.4) is 0 Å². The van der Waals surface area contributed by atoms with Crippen LogP contribution in [0.1, 0.15) is 0 Å². The van der Waals surface area contributed by atoms with Gasteiger partial charge in [0.15, 0.2) is 5.76 Å². The second-order valence-corrected chi connectivity index (χ2v) is 11.5. The highest BCUT2D eigenvalue weighted by Gasteiger charge is 2.26. The molecule has 0 saturated carbocycles. The van der Waals surface area contributed by atoms with E-state index in [1.54, 1.807) is 24.5 Å². The summed E-state index contributed by atoms with van der Waals surface area (Å²) in [5.41, 5.74) is 6.90. The number of hydrogen-bond acceptors (Lipinski definition) is 11. The minimum atomic E-state index is -0.872. The van der Waals surface area contributed by atoms with E-state index in [0.717, 1.165) is 25.7 Å². The second-order valence-electron chi connectivity index (χ2n) is 9.85. The van der Waals surface area contributed by atoms with E-state index in [4.69, 9.17) is 10.2 Å². The fourth-order valence-corrected chi connectivity index (χ4v) is 6.02. The summed E-state index contributed by atoms with van der Waals surface area (Å²) in [6, 6.07) is 6.08. The van der Waals surface area contributed by atoms with Crippen LogP contribution < -0.4 is 20.4 Å². The lowest BCUT2D eigenvalue weighted by atomic mass is 10.2. The molecular weight excluding hydrogens is 542 g/mol. The topological polar surface area (TPSA) is 131 Å². The minimum absolute atomic E-state index is 0.171. The third-order valence-electron chi connectivity index (χ3n) is 7.30. The Bertz CT molecular complexity index is 1470. The van der Waals surface area contributed by atoms with Crippen LogP contribution in [0.2, 0.25) is 0 Å². The van der Waals surface area contributed by atoms with Gasteiger partial charge in [-0.1, -0.05) is 11.2 Å². The molecule has 6 rings (SSSR count). The summed E-state index contributed by atoms with van der Waals surface area (Å²) in [4.78, 5) is 21.3. The number of rotatable bonds is 7. The molecule has 4 aromatic rings. The van der Waals surface area contributed by atoms with E-state index in [2.05, 4.69) is 25.0 Å². The molecule has 0 aliphatic carbocycles. The molecule has 0 bridgehead atoms. The van der Waals surface area contributed by atoms with Crippen LogP contribution in [0.25, 0.3) is 17.4 Å². The largest absolute Gasteiger partial charge is 0.616 e. The van der Waals surface area contributed by atoms with Crippen molar-refractivity contribution in [2.75, 3.05) is 91.3 Å². The minimum Gasteiger partial charge on any atom is -0.616 e. The lowest BCUT2D eigenvalue weighted by Crippen LogP contribution is -2.48. The molecule has 1 aromatic carbocycles. The molecule has 12 nitrogen and oxygen atoms in total. The molecule has 2 aliphatic heterocycles. The van der Waals surface area contributed by atoms with Gasteiger partial charge in [0.1, 0.15) is 23.1 Å². The maximum atomic E-state index is 14.8. The summed E-state index contributed by atoms with van der Waals surface area (Å²) in [6.07, 6.45) is 1.54. The number of furan rings is 1. The lowest BCUT2D eigenvalue weighted by Gasteiger charge is -2.37. The number of fused-ring (bicyclic) bond motifs is 1. The molecule has 5 heterocycles. The van der Waals surface area contributed by atoms with Crippen LogP contribution in [-0.4, -0.2) is 105 Å². The van der Waals surface area contributed by atoms with Crippen LogP contribution in [0.4, 0.5) is 32.1 Å². The molecule has 0 unspecified atom stereocenters. The average Bonchev–Trinajstić information content (AvgIpc) is 3.64. The number of benzene rings is 1. The van der Waals surface area contributed by atoms with Gasteiger partial charge in [0, 0.05) is 52.4 Å². The SMILES string of the molecule is CN(CCN1CCN(c2cc(N3CC[S+]([O-])CC3)c(F)cc2F)CC1)c1nc(N)n2nc(-c3ccco3)nc2n1. The first kappa shape index (κ1) is 26.5. The van der Waals surface area contributed by atoms with Crippen molar-refractivity contribution >= 4 is 40.2 Å². The summed E-state index contributed by atoms with van der Waals surface area (Å²) >= 11 is -0.872. The molecule has 40 heavy (non-hydrogen) atoms. The van der Waals surface area contributed by atoms with E-state index in [1.165, 1.54) is 4.52 Å². The Morgan fingerprint density at radius 2 is 1.70 bits per heavy atom. The summed E-state index contributed by atoms with van der Waals surface area (Å²) < 4.78 is 47.8. The predicted octanol–water partition coefficient (Wildman–Crippen LogP) is 1.47. The first-order chi connectivity index (χ1) is 19.4. The number of halogens is 2. The Morgan fingerprint density at radius 3 is 2.38 bits per heavy atom. The Hall–Kier alpha value is -3.69. The van der Waals surface area contributed by atoms with E-state index >= 15 is 0 Å². The van der Waals surface area contributed by atoms with E-state index in [9.17, 15) is 13.3 Å². The number of aromatic nitrogens is 5. The van der Waals surface area contributed by atoms with Gasteiger partial charge in [-0.2, -0.15) is 19.5 Å². The number of nitrogen functional groups attached to an aromatic ring is 1. The number of piperazine rings is 1. The van der Waals surface area contributed by atoms with Crippen molar-refractivity contribution in [1.82, 2.24) is 29.5 Å². The van der Waals surface area contributed by atoms with Crippen molar-refractivity contribution in [2.24, 2.45) is 0 Å². The molecule has 0 spiro atoms. The first-order valence-corrected chi connectivity index (χ1v) is 14.6. The number of nitrogens with two attached hydrogens (primary N) is 1. The normalized spacial score (nSPS) is 17.2. The zero-order valence-electron chi connectivity index (χ0n) is 22.0. The summed E-state index contributed by atoms with van der Waals surface area (Å²) in [5.74, 6) is 1.66. The van der Waals surface area contributed by atoms with Crippen LogP contribution >= 0.6 is 0 Å². The van der Waals surface area contributed by atoms with Crippen LogP contribution in [0.5, 0.6) is 0 Å². The Balaban J connectivity index is 1.06. The molecule has 2 fully saturated rings. The molecule has 0 amide bonds. The Morgan fingerprint density at radius 1 is 1.00 bits per heavy atom. The molecule has 2 N–H and O–H groups in total. The lowest BCUT2D eigenvalue weighted by molar-refractivity contribution is 0.262. The number of anilines is 4. The standard InChI is InChI=1S/C25H30F2N10O2S/c1-33(24-30-23(28)37-25(31-24)29-22(32-37)21-3-2-12-39-21)4-5-34-6-8-35(9-7-34)19-16-20(18(27)15-17(19)26)36-10-13-40(38)14-11-36/h2-3,12,15-16H,4-11,13-14H2,1H3,(H2,28,29,30,31,32). The molecule has 0 atom stereocenters. The van der Waals surface area contributed by atoms with Crippen LogP contribution in [-0.2, 0) is 11.2 Å². The Kier molecular flexibility index (Phi) is 7.33. The highest BCUT2D eigenvalue weighted by Crippen LogP contribution is 2.31. The maximum absolute atomic E-state index is 14.8. The van der Waals surface area contributed by atoms with Crippen molar-refractivity contribution in [3.05, 3.63) is 42.2 Å². The van der Waals surface area contributed by atoms with E-state index in [-0.39, 0.29) is 5.95 Å². The first-order valence-electron chi connectivity index (χ1n) is 13.1. The van der Waals surface area contributed by atoms with Crippen LogP contribution in [0, 0.1) is 11.6 Å². The monoisotopic (exact) mass is 572 g/mol. The predicted molar refractivity (Wildman–Crippen MR) is 149 cm³/mol. The average molecular weight is 573 g/mol. The van der Waals surface area contributed by atoms with Crippen LogP contribution in [0.15, 0.2) is 34.9 Å². The van der Waals surface area contributed by atoms with Gasteiger partial charge in [0.05, 0.1) is 30.7 Å². The van der Waals surface area contributed by atoms with Crippen molar-refractivity contribution < 1.29 is 17.8 Å². The van der Waals surface area contributed by atoms with Gasteiger partial charge in [-0.15, -0.1) is 5.10 Å². The van der Waals surface area contributed by atoms with E-state index < -0.39 is 22.8 Å². The molecule has 2 aliphatic rings. The number of likely N-dealkylation sites (N-methyl/N-ethyl adjacent to an activating group) is 1. The van der Waals surface area contributed by atoms with Gasteiger partial charge in [0.2, 0.25) is 17.7 Å². The zero-order chi connectivity index (χ0) is 27.8. The second kappa shape index (κ2) is 11.1. The molecular formula is C25H30F2N10O2S. The summed E-state index contributed by atoms with van der Waals surface area (Å²) in [6.45, 7) is 5.05. The zero-order valence-corrected chi connectivity index (χ0v) is 22.9. The van der Waals surface area contributed by atoms with E-state index in [0.29, 0.717) is 78.9 Å². The molecule has 212 valence electrons. The van der Waals surface area contributed by atoms with Gasteiger partial charge in [-0.3, -0.25) is 4.90 Å². The third-order valence-corrected chi connectivity index (χ3v) is 8.58. The van der Waals surface area contributed by atoms with Gasteiger partial charge in [-0.05, 0) is 18.2 Å². The fourth-order valence-electron chi connectivity index (χ4n) is 4.97. The third kappa shape index (κ3) is 5.36.